The minimum absolute atomic E-state index is 0.0640. The summed E-state index contributed by atoms with van der Waals surface area (Å²) < 4.78 is 5.04. The van der Waals surface area contributed by atoms with Crippen LogP contribution in [0.1, 0.15) is 15.9 Å². The predicted octanol–water partition coefficient (Wildman–Crippen LogP) is 2.41. The van der Waals surface area contributed by atoms with Crippen LogP contribution in [0.15, 0.2) is 42.5 Å². The summed E-state index contributed by atoms with van der Waals surface area (Å²) in [4.78, 5) is 12.1. The molecule has 0 unspecified atom stereocenters. The Balaban J connectivity index is 2.18. The molecule has 0 saturated heterocycles. The highest BCUT2D eigenvalue weighted by molar-refractivity contribution is 6.02. The molecule has 2 rings (SSSR count). The maximum atomic E-state index is 12.1. The second-order valence-electron chi connectivity index (χ2n) is 4.22. The Bertz CT molecular complexity index is 591. The molecule has 0 bridgehead atoms. The van der Waals surface area contributed by atoms with E-state index in [0.717, 1.165) is 5.56 Å². The highest BCUT2D eigenvalue weighted by atomic mass is 16.5. The number of aromatic hydroxyl groups is 1. The first-order valence-corrected chi connectivity index (χ1v) is 5.85. The average molecular weight is 257 g/mol. The van der Waals surface area contributed by atoms with Gasteiger partial charge in [0.25, 0.3) is 0 Å². The summed E-state index contributed by atoms with van der Waals surface area (Å²) in [6.45, 7) is 0. The van der Waals surface area contributed by atoms with Gasteiger partial charge in [0.1, 0.15) is 11.5 Å². The van der Waals surface area contributed by atoms with Crippen LogP contribution < -0.4 is 10.5 Å². The lowest BCUT2D eigenvalue weighted by atomic mass is 10.0. The van der Waals surface area contributed by atoms with Gasteiger partial charge in [-0.05, 0) is 29.8 Å². The van der Waals surface area contributed by atoms with Crippen LogP contribution in [0.3, 0.4) is 0 Å². The molecule has 0 heterocycles. The molecular formula is C15H15NO3. The fraction of sp³-hybridized carbons (Fsp3) is 0.133. The third kappa shape index (κ3) is 3.04. The molecule has 98 valence electrons. The number of ether oxygens (including phenoxy) is 1. The average Bonchev–Trinajstić information content (AvgIpc) is 2.41. The van der Waals surface area contributed by atoms with Crippen LogP contribution in [0.2, 0.25) is 0 Å². The molecule has 0 aromatic heterocycles. The summed E-state index contributed by atoms with van der Waals surface area (Å²) in [5, 5.41) is 9.19. The Morgan fingerprint density at radius 3 is 2.47 bits per heavy atom. The number of phenolic OH excluding ortho intramolecular Hbond substituents is 1. The maximum Gasteiger partial charge on any atom is 0.169 e. The largest absolute Gasteiger partial charge is 0.508 e. The van der Waals surface area contributed by atoms with E-state index in [1.54, 1.807) is 49.6 Å². The van der Waals surface area contributed by atoms with Crippen molar-refractivity contribution in [3.63, 3.8) is 0 Å². The molecule has 0 aliphatic heterocycles. The molecule has 0 amide bonds. The van der Waals surface area contributed by atoms with E-state index in [2.05, 4.69) is 0 Å². The molecule has 3 N–H and O–H groups in total. The predicted molar refractivity (Wildman–Crippen MR) is 73.5 cm³/mol. The molecule has 0 radical (unpaired) electrons. The molecule has 0 atom stereocenters. The molecule has 4 nitrogen and oxygen atoms in total. The van der Waals surface area contributed by atoms with Crippen molar-refractivity contribution in [2.45, 2.75) is 6.42 Å². The van der Waals surface area contributed by atoms with E-state index < -0.39 is 0 Å². The summed E-state index contributed by atoms with van der Waals surface area (Å²) in [7, 11) is 1.55. The summed E-state index contributed by atoms with van der Waals surface area (Å²) in [6, 6.07) is 11.5. The van der Waals surface area contributed by atoms with Crippen molar-refractivity contribution in [3.05, 3.63) is 53.6 Å². The molecule has 2 aromatic rings. The number of Topliss-reactive ketones (excluding diaryl/α,β-unsaturated/α-hetero) is 1. The Kier molecular flexibility index (Phi) is 3.71. The number of ketones is 1. The summed E-state index contributed by atoms with van der Waals surface area (Å²) in [5.74, 6) is 0.740. The first kappa shape index (κ1) is 13.0. The molecule has 0 aliphatic carbocycles. The number of carbonyl (C=O) groups is 1. The molecule has 0 fully saturated rings. The SMILES string of the molecule is COc1ccc(C(=O)Cc2ccc(O)cc2)c(N)c1. The zero-order chi connectivity index (χ0) is 13.8. The Morgan fingerprint density at radius 2 is 1.89 bits per heavy atom. The van der Waals surface area contributed by atoms with Gasteiger partial charge in [0.05, 0.1) is 7.11 Å². The smallest absolute Gasteiger partial charge is 0.169 e. The van der Waals surface area contributed by atoms with Crippen molar-refractivity contribution in [2.75, 3.05) is 12.8 Å². The van der Waals surface area contributed by atoms with Crippen molar-refractivity contribution in [3.8, 4) is 11.5 Å². The van der Waals surface area contributed by atoms with Crippen molar-refractivity contribution in [1.82, 2.24) is 0 Å². The molecule has 0 aliphatic rings. The normalized spacial score (nSPS) is 10.2. The van der Waals surface area contributed by atoms with Gasteiger partial charge in [0.2, 0.25) is 0 Å². The van der Waals surface area contributed by atoms with E-state index in [0.29, 0.717) is 17.0 Å². The zero-order valence-corrected chi connectivity index (χ0v) is 10.6. The lowest BCUT2D eigenvalue weighted by Crippen LogP contribution is -2.07. The van der Waals surface area contributed by atoms with Crippen LogP contribution in [0, 0.1) is 0 Å². The standard InChI is InChI=1S/C15H15NO3/c1-19-12-6-7-13(14(16)9-12)15(18)8-10-2-4-11(17)5-3-10/h2-7,9,17H,8,16H2,1H3. The molecule has 0 saturated carbocycles. The number of nitrogen functional groups attached to an aromatic ring is 1. The van der Waals surface area contributed by atoms with Crippen molar-refractivity contribution >= 4 is 11.5 Å². The molecule has 19 heavy (non-hydrogen) atoms. The Morgan fingerprint density at radius 1 is 1.21 bits per heavy atom. The number of carbonyl (C=O) groups excluding carboxylic acids is 1. The van der Waals surface area contributed by atoms with E-state index in [-0.39, 0.29) is 18.0 Å². The number of methoxy groups -OCH3 is 1. The van der Waals surface area contributed by atoms with E-state index in [1.165, 1.54) is 0 Å². The van der Waals surface area contributed by atoms with Gasteiger partial charge in [-0.2, -0.15) is 0 Å². The number of hydrogen-bond acceptors (Lipinski definition) is 4. The number of benzene rings is 2. The van der Waals surface area contributed by atoms with Crippen LogP contribution in [-0.2, 0) is 6.42 Å². The molecule has 2 aromatic carbocycles. The van der Waals surface area contributed by atoms with Gasteiger partial charge < -0.3 is 15.6 Å². The Labute approximate surface area is 111 Å². The van der Waals surface area contributed by atoms with E-state index in [1.807, 2.05) is 0 Å². The number of rotatable bonds is 4. The fourth-order valence-corrected chi connectivity index (χ4v) is 1.82. The highest BCUT2D eigenvalue weighted by Gasteiger charge is 2.11. The van der Waals surface area contributed by atoms with Crippen molar-refractivity contribution in [2.24, 2.45) is 0 Å². The van der Waals surface area contributed by atoms with Gasteiger partial charge in [-0.1, -0.05) is 12.1 Å². The quantitative estimate of drug-likeness (QED) is 0.651. The molecule has 0 spiro atoms. The second-order valence-corrected chi connectivity index (χ2v) is 4.22. The maximum absolute atomic E-state index is 12.1. The number of nitrogens with two attached hydrogens (primary N) is 1. The third-order valence-corrected chi connectivity index (χ3v) is 2.86. The lowest BCUT2D eigenvalue weighted by Gasteiger charge is -2.07. The molecule has 4 heteroatoms. The zero-order valence-electron chi connectivity index (χ0n) is 10.6. The Hall–Kier alpha value is -2.49. The van der Waals surface area contributed by atoms with Crippen LogP contribution in [0.5, 0.6) is 11.5 Å². The van der Waals surface area contributed by atoms with Crippen LogP contribution >= 0.6 is 0 Å². The molecular weight excluding hydrogens is 242 g/mol. The summed E-state index contributed by atoms with van der Waals surface area (Å²) in [6.07, 6.45) is 0.247. The van der Waals surface area contributed by atoms with Gasteiger partial charge >= 0.3 is 0 Å². The third-order valence-electron chi connectivity index (χ3n) is 2.86. The summed E-state index contributed by atoms with van der Waals surface area (Å²) in [5.41, 5.74) is 7.55. The topological polar surface area (TPSA) is 72.5 Å². The minimum Gasteiger partial charge on any atom is -0.508 e. The first-order chi connectivity index (χ1) is 9.10. The first-order valence-electron chi connectivity index (χ1n) is 5.85. The fourth-order valence-electron chi connectivity index (χ4n) is 1.82. The van der Waals surface area contributed by atoms with Gasteiger partial charge in [-0.25, -0.2) is 0 Å². The number of phenols is 1. The van der Waals surface area contributed by atoms with Gasteiger partial charge in [-0.15, -0.1) is 0 Å². The van der Waals surface area contributed by atoms with Crippen molar-refractivity contribution < 1.29 is 14.6 Å². The van der Waals surface area contributed by atoms with E-state index >= 15 is 0 Å². The van der Waals surface area contributed by atoms with Crippen LogP contribution in [0.25, 0.3) is 0 Å². The van der Waals surface area contributed by atoms with Crippen LogP contribution in [-0.4, -0.2) is 18.0 Å². The van der Waals surface area contributed by atoms with Gasteiger partial charge in [0.15, 0.2) is 5.78 Å². The van der Waals surface area contributed by atoms with Gasteiger partial charge in [0, 0.05) is 23.7 Å². The van der Waals surface area contributed by atoms with E-state index in [4.69, 9.17) is 10.5 Å². The number of hydrogen-bond donors (Lipinski definition) is 2. The monoisotopic (exact) mass is 257 g/mol. The lowest BCUT2D eigenvalue weighted by molar-refractivity contribution is 0.0994. The summed E-state index contributed by atoms with van der Waals surface area (Å²) >= 11 is 0. The van der Waals surface area contributed by atoms with Crippen molar-refractivity contribution in [1.29, 1.82) is 0 Å². The van der Waals surface area contributed by atoms with Gasteiger partial charge in [-0.3, -0.25) is 4.79 Å². The van der Waals surface area contributed by atoms with Crippen LogP contribution in [0.4, 0.5) is 5.69 Å². The minimum atomic E-state index is -0.0640. The number of anilines is 1. The second kappa shape index (κ2) is 5.44. The highest BCUT2D eigenvalue weighted by Crippen LogP contribution is 2.21. The van der Waals surface area contributed by atoms with E-state index in [9.17, 15) is 9.90 Å².